The van der Waals surface area contributed by atoms with E-state index in [1.54, 1.807) is 0 Å². The number of aromatic nitrogens is 2. The zero-order valence-electron chi connectivity index (χ0n) is 16.4. The highest BCUT2D eigenvalue weighted by molar-refractivity contribution is 5.79. The van der Waals surface area contributed by atoms with Crippen molar-refractivity contribution in [1.29, 1.82) is 0 Å². The third-order valence-corrected chi connectivity index (χ3v) is 5.99. The Labute approximate surface area is 169 Å². The highest BCUT2D eigenvalue weighted by Crippen LogP contribution is 2.42. The lowest BCUT2D eigenvalue weighted by Gasteiger charge is -2.26. The molecular formula is C21H26FN5O2. The van der Waals surface area contributed by atoms with E-state index in [4.69, 9.17) is 10.5 Å². The highest BCUT2D eigenvalue weighted by atomic mass is 19.1. The predicted octanol–water partition coefficient (Wildman–Crippen LogP) is 3.46. The van der Waals surface area contributed by atoms with Crippen molar-refractivity contribution in [2.75, 3.05) is 17.2 Å². The Morgan fingerprint density at radius 1 is 1.41 bits per heavy atom. The quantitative estimate of drug-likeness (QED) is 0.715. The first-order valence-corrected chi connectivity index (χ1v) is 10.1. The Kier molecular flexibility index (Phi) is 5.51. The van der Waals surface area contributed by atoms with Crippen molar-refractivity contribution in [3.63, 3.8) is 0 Å². The number of primary amides is 1. The largest absolute Gasteiger partial charge is 0.494 e. The maximum Gasteiger partial charge on any atom is 0.229 e. The fourth-order valence-corrected chi connectivity index (χ4v) is 4.62. The minimum Gasteiger partial charge on any atom is -0.494 e. The highest BCUT2D eigenvalue weighted by Gasteiger charge is 2.45. The number of nitrogens with zero attached hydrogens (tertiary/aromatic N) is 2. The summed E-state index contributed by atoms with van der Waals surface area (Å²) in [6.45, 7) is 2.63. The lowest BCUT2D eigenvalue weighted by atomic mass is 9.90. The Morgan fingerprint density at radius 3 is 3.07 bits per heavy atom. The number of hydrogen-bond acceptors (Lipinski definition) is 6. The van der Waals surface area contributed by atoms with E-state index in [0.29, 0.717) is 6.61 Å². The van der Waals surface area contributed by atoms with E-state index >= 15 is 0 Å². The molecule has 0 spiro atoms. The van der Waals surface area contributed by atoms with Crippen LogP contribution in [0.2, 0.25) is 0 Å². The van der Waals surface area contributed by atoms with E-state index in [2.05, 4.69) is 27.5 Å². The topological polar surface area (TPSA) is 102 Å². The minimum absolute atomic E-state index is 0.0879. The molecule has 1 aliphatic heterocycles. The van der Waals surface area contributed by atoms with Crippen LogP contribution in [0.1, 0.15) is 32.6 Å². The zero-order valence-corrected chi connectivity index (χ0v) is 16.4. The van der Waals surface area contributed by atoms with Crippen LogP contribution in [0.5, 0.6) is 5.75 Å². The average molecular weight is 399 g/mol. The molecule has 1 fully saturated rings. The summed E-state index contributed by atoms with van der Waals surface area (Å²) in [6, 6.07) is 7.23. The Hall–Kier alpha value is -2.90. The maximum atomic E-state index is 14.5. The van der Waals surface area contributed by atoms with Crippen molar-refractivity contribution >= 4 is 23.4 Å². The monoisotopic (exact) mass is 399 g/mol. The molecule has 1 amide bonds. The molecule has 4 bridgehead atoms. The summed E-state index contributed by atoms with van der Waals surface area (Å²) < 4.78 is 20.4. The molecule has 0 radical (unpaired) electrons. The van der Waals surface area contributed by atoms with E-state index < -0.39 is 5.82 Å². The molecule has 4 N–H and O–H groups in total. The van der Waals surface area contributed by atoms with Gasteiger partial charge in [-0.25, -0.2) is 9.37 Å². The lowest BCUT2D eigenvalue weighted by Crippen LogP contribution is -2.40. The summed E-state index contributed by atoms with van der Waals surface area (Å²) in [5.74, 6) is 0.184. The summed E-state index contributed by atoms with van der Waals surface area (Å²) in [5, 5.41) is 6.28. The zero-order chi connectivity index (χ0) is 20.4. The van der Waals surface area contributed by atoms with Gasteiger partial charge in [0.15, 0.2) is 11.6 Å². The molecule has 8 heteroatoms. The van der Waals surface area contributed by atoms with Crippen LogP contribution in [-0.4, -0.2) is 28.5 Å². The molecule has 7 nitrogen and oxygen atoms in total. The SMILES string of the molecule is CCC1CC2CCCOc3cccc(c3)Nc3ncc(F)c(n3)N[C@H]2[C@H]1C(N)=O. The van der Waals surface area contributed by atoms with Crippen LogP contribution >= 0.6 is 0 Å². The Morgan fingerprint density at radius 2 is 2.28 bits per heavy atom. The molecule has 1 aliphatic carbocycles. The molecule has 1 aromatic heterocycles. The van der Waals surface area contributed by atoms with Crippen molar-refractivity contribution in [1.82, 2.24) is 9.97 Å². The van der Waals surface area contributed by atoms with Crippen LogP contribution in [0.3, 0.4) is 0 Å². The van der Waals surface area contributed by atoms with E-state index in [9.17, 15) is 9.18 Å². The molecule has 1 aromatic carbocycles. The molecule has 0 saturated heterocycles. The summed E-state index contributed by atoms with van der Waals surface area (Å²) in [4.78, 5) is 20.6. The van der Waals surface area contributed by atoms with Crippen LogP contribution in [0, 0.1) is 23.6 Å². The first-order valence-electron chi connectivity index (χ1n) is 10.1. The van der Waals surface area contributed by atoms with Crippen LogP contribution < -0.4 is 21.1 Å². The standard InChI is InChI=1S/C21H26FN5O2/c1-2-12-9-13-5-4-8-29-15-7-3-6-14(10-15)25-21-24-11-16(22)20(27-21)26-18(13)17(12)19(23)28/h3,6-7,10-13,17-18H,2,4-5,8-9H2,1H3,(H2,23,28)(H2,24,25,26,27)/t12?,13?,17-,18+/m0/s1. The molecule has 2 aromatic rings. The molecule has 154 valence electrons. The molecule has 4 rings (SSSR count). The fourth-order valence-electron chi connectivity index (χ4n) is 4.62. The number of nitrogens with two attached hydrogens (primary N) is 1. The van der Waals surface area contributed by atoms with Crippen molar-refractivity contribution in [3.05, 3.63) is 36.3 Å². The van der Waals surface area contributed by atoms with Crippen molar-refractivity contribution in [2.24, 2.45) is 23.5 Å². The third kappa shape index (κ3) is 4.11. The Bertz CT molecular complexity index is 893. The van der Waals surface area contributed by atoms with E-state index in [0.717, 1.165) is 43.3 Å². The maximum absolute atomic E-state index is 14.5. The lowest BCUT2D eigenvalue weighted by molar-refractivity contribution is -0.123. The smallest absolute Gasteiger partial charge is 0.229 e. The van der Waals surface area contributed by atoms with Crippen LogP contribution in [-0.2, 0) is 4.79 Å². The number of fused-ring (bicyclic) bond motifs is 5. The fraction of sp³-hybridized carbons (Fsp3) is 0.476. The van der Waals surface area contributed by atoms with Crippen molar-refractivity contribution < 1.29 is 13.9 Å². The number of amides is 1. The molecule has 4 atom stereocenters. The summed E-state index contributed by atoms with van der Waals surface area (Å²) in [7, 11) is 0. The van der Waals surface area contributed by atoms with Gasteiger partial charge in [-0.1, -0.05) is 19.4 Å². The van der Waals surface area contributed by atoms with Crippen LogP contribution in [0.15, 0.2) is 30.5 Å². The number of rotatable bonds is 2. The second kappa shape index (κ2) is 8.23. The van der Waals surface area contributed by atoms with Gasteiger partial charge in [-0.2, -0.15) is 4.98 Å². The predicted molar refractivity (Wildman–Crippen MR) is 108 cm³/mol. The summed E-state index contributed by atoms with van der Waals surface area (Å²) in [6.07, 6.45) is 4.54. The van der Waals surface area contributed by atoms with Crippen molar-refractivity contribution in [2.45, 2.75) is 38.6 Å². The molecule has 2 heterocycles. The van der Waals surface area contributed by atoms with Crippen LogP contribution in [0.4, 0.5) is 21.8 Å². The third-order valence-electron chi connectivity index (χ3n) is 5.99. The summed E-state index contributed by atoms with van der Waals surface area (Å²) in [5.41, 5.74) is 6.49. The molecule has 1 saturated carbocycles. The van der Waals surface area contributed by atoms with Crippen molar-refractivity contribution in [3.8, 4) is 5.75 Å². The number of nitrogens with one attached hydrogen (secondary N) is 2. The molecule has 29 heavy (non-hydrogen) atoms. The van der Waals surface area contributed by atoms with Gasteiger partial charge >= 0.3 is 0 Å². The average Bonchev–Trinajstić information content (AvgIpc) is 3.05. The number of ether oxygens (including phenoxy) is 1. The van der Waals surface area contributed by atoms with Gasteiger partial charge < -0.3 is 21.1 Å². The number of carbonyl (C=O) groups excluding carboxylic acids is 1. The molecular weight excluding hydrogens is 373 g/mol. The Balaban J connectivity index is 1.70. The summed E-state index contributed by atoms with van der Waals surface area (Å²) >= 11 is 0. The number of anilines is 3. The van der Waals surface area contributed by atoms with Gasteiger partial charge in [0.25, 0.3) is 0 Å². The van der Waals surface area contributed by atoms with Gasteiger partial charge in [-0.05, 0) is 43.2 Å². The second-order valence-electron chi connectivity index (χ2n) is 7.80. The van der Waals surface area contributed by atoms with Gasteiger partial charge in [-0.15, -0.1) is 0 Å². The number of benzene rings is 1. The second-order valence-corrected chi connectivity index (χ2v) is 7.80. The molecule has 2 unspecified atom stereocenters. The number of hydrogen-bond donors (Lipinski definition) is 3. The van der Waals surface area contributed by atoms with E-state index in [1.165, 1.54) is 0 Å². The van der Waals surface area contributed by atoms with Gasteiger partial charge in [0.1, 0.15) is 5.75 Å². The van der Waals surface area contributed by atoms with Gasteiger partial charge in [0, 0.05) is 17.8 Å². The van der Waals surface area contributed by atoms with Gasteiger partial charge in [-0.3, -0.25) is 4.79 Å². The normalized spacial score (nSPS) is 26.3. The first-order chi connectivity index (χ1) is 14.0. The van der Waals surface area contributed by atoms with Gasteiger partial charge in [0.05, 0.1) is 18.7 Å². The first kappa shape index (κ1) is 19.4. The van der Waals surface area contributed by atoms with E-state index in [1.807, 2.05) is 24.3 Å². The molecule has 2 aliphatic rings. The minimum atomic E-state index is -0.554. The van der Waals surface area contributed by atoms with Crippen LogP contribution in [0.25, 0.3) is 0 Å². The van der Waals surface area contributed by atoms with Gasteiger partial charge in [0.2, 0.25) is 11.9 Å². The number of halogens is 1. The number of carbonyl (C=O) groups is 1. The van der Waals surface area contributed by atoms with E-state index in [-0.39, 0.29) is 41.5 Å².